The van der Waals surface area contributed by atoms with Crippen LogP contribution < -0.4 is 5.32 Å². The number of methoxy groups -OCH3 is 1. The van der Waals surface area contributed by atoms with Gasteiger partial charge in [-0.1, -0.05) is 18.2 Å². The number of allylic oxidation sites excluding steroid dienone is 4. The first kappa shape index (κ1) is 16.4. The van der Waals surface area contributed by atoms with Crippen LogP contribution >= 0.6 is 15.9 Å². The number of rotatable bonds is 7. The minimum absolute atomic E-state index is 0.357. The number of nitrogens with one attached hydrogen (secondary N) is 1. The van der Waals surface area contributed by atoms with Crippen molar-refractivity contribution in [3.63, 3.8) is 0 Å². The summed E-state index contributed by atoms with van der Waals surface area (Å²) in [5.41, 5.74) is 1.14. The van der Waals surface area contributed by atoms with Gasteiger partial charge >= 0.3 is 0 Å². The van der Waals surface area contributed by atoms with Gasteiger partial charge in [-0.3, -0.25) is 0 Å². The lowest BCUT2D eigenvalue weighted by molar-refractivity contribution is 0.338. The van der Waals surface area contributed by atoms with Crippen LogP contribution in [0, 0.1) is 5.95 Å². The summed E-state index contributed by atoms with van der Waals surface area (Å²) < 4.78 is 18.5. The van der Waals surface area contributed by atoms with Gasteiger partial charge in [-0.25, -0.2) is 4.98 Å². The largest absolute Gasteiger partial charge is 0.504 e. The molecular formula is C15H18BrFN2O. The number of ether oxygens (including phenoxy) is 1. The Balaban J connectivity index is 2.67. The smallest absolute Gasteiger partial charge is 0.229 e. The zero-order valence-corrected chi connectivity index (χ0v) is 13.2. The van der Waals surface area contributed by atoms with Crippen molar-refractivity contribution in [1.29, 1.82) is 0 Å². The fraction of sp³-hybridized carbons (Fsp3) is 0.267. The maximum Gasteiger partial charge on any atom is 0.229 e. The van der Waals surface area contributed by atoms with Crippen molar-refractivity contribution in [3.05, 3.63) is 58.7 Å². The van der Waals surface area contributed by atoms with Crippen molar-refractivity contribution in [3.8, 4) is 0 Å². The summed E-state index contributed by atoms with van der Waals surface area (Å²) >= 11 is 3.08. The molecule has 0 aliphatic carbocycles. The summed E-state index contributed by atoms with van der Waals surface area (Å²) in [5.74, 6) is -0.0129. The predicted octanol–water partition coefficient (Wildman–Crippen LogP) is 4.45. The second kappa shape index (κ2) is 9.31. The summed E-state index contributed by atoms with van der Waals surface area (Å²) in [6.45, 7) is 2.56. The van der Waals surface area contributed by atoms with Gasteiger partial charge in [0.1, 0.15) is 5.82 Å². The molecule has 0 aliphatic heterocycles. The van der Waals surface area contributed by atoms with Crippen LogP contribution in [0.5, 0.6) is 0 Å². The van der Waals surface area contributed by atoms with E-state index in [1.807, 2.05) is 25.2 Å². The highest BCUT2D eigenvalue weighted by Crippen LogP contribution is 2.16. The summed E-state index contributed by atoms with van der Waals surface area (Å²) in [7, 11) is 1.60. The second-order valence-electron chi connectivity index (χ2n) is 3.98. The topological polar surface area (TPSA) is 34.1 Å². The third-order valence-electron chi connectivity index (χ3n) is 2.46. The van der Waals surface area contributed by atoms with Gasteiger partial charge in [0, 0.05) is 6.54 Å². The summed E-state index contributed by atoms with van der Waals surface area (Å²) in [6.07, 6.45) is 10.3. The van der Waals surface area contributed by atoms with Crippen LogP contribution in [0.3, 0.4) is 0 Å². The van der Waals surface area contributed by atoms with Crippen LogP contribution in [0.25, 0.3) is 0 Å². The molecule has 3 nitrogen and oxygen atoms in total. The van der Waals surface area contributed by atoms with Crippen molar-refractivity contribution in [2.24, 2.45) is 0 Å². The van der Waals surface area contributed by atoms with Gasteiger partial charge in [-0.05, 0) is 53.1 Å². The zero-order valence-electron chi connectivity index (χ0n) is 11.6. The number of halogens is 2. The molecular weight excluding hydrogens is 323 g/mol. The summed E-state index contributed by atoms with van der Waals surface area (Å²) in [4.78, 5) is 3.81. The van der Waals surface area contributed by atoms with E-state index >= 15 is 0 Å². The molecule has 108 valence electrons. The maximum atomic E-state index is 13.3. The molecule has 1 aromatic rings. The first-order valence-corrected chi connectivity index (χ1v) is 7.01. The van der Waals surface area contributed by atoms with Crippen molar-refractivity contribution in [1.82, 2.24) is 4.98 Å². The highest BCUT2D eigenvalue weighted by molar-refractivity contribution is 9.10. The molecule has 1 aromatic heterocycles. The van der Waals surface area contributed by atoms with Gasteiger partial charge in [0.2, 0.25) is 5.95 Å². The van der Waals surface area contributed by atoms with Gasteiger partial charge in [0.15, 0.2) is 0 Å². The van der Waals surface area contributed by atoms with E-state index in [1.165, 1.54) is 0 Å². The molecule has 0 spiro atoms. The van der Waals surface area contributed by atoms with E-state index in [1.54, 1.807) is 25.5 Å². The monoisotopic (exact) mass is 340 g/mol. The minimum Gasteiger partial charge on any atom is -0.504 e. The molecule has 5 heteroatoms. The number of aromatic nitrogens is 1. The van der Waals surface area contributed by atoms with E-state index in [-0.39, 0.29) is 0 Å². The van der Waals surface area contributed by atoms with Gasteiger partial charge in [0.05, 0.1) is 17.8 Å². The van der Waals surface area contributed by atoms with Gasteiger partial charge in [-0.15, -0.1) is 0 Å². The molecule has 1 heterocycles. The molecule has 0 amide bonds. The Morgan fingerprint density at radius 1 is 1.50 bits per heavy atom. The average molecular weight is 341 g/mol. The highest BCUT2D eigenvalue weighted by Gasteiger charge is 2.02. The van der Waals surface area contributed by atoms with Crippen molar-refractivity contribution in [2.45, 2.75) is 13.3 Å². The van der Waals surface area contributed by atoms with Gasteiger partial charge in [0.25, 0.3) is 0 Å². The Hall–Kier alpha value is -1.62. The Kier molecular flexibility index (Phi) is 7.65. The lowest BCUT2D eigenvalue weighted by Gasteiger charge is -2.08. The number of anilines is 1. The van der Waals surface area contributed by atoms with Crippen LogP contribution in [0.2, 0.25) is 0 Å². The highest BCUT2D eigenvalue weighted by atomic mass is 79.9. The Morgan fingerprint density at radius 3 is 2.95 bits per heavy atom. The first-order valence-electron chi connectivity index (χ1n) is 6.21. The van der Waals surface area contributed by atoms with E-state index < -0.39 is 5.95 Å². The fourth-order valence-electron chi connectivity index (χ4n) is 1.44. The van der Waals surface area contributed by atoms with Crippen molar-refractivity contribution < 1.29 is 9.13 Å². The molecule has 0 bridgehead atoms. The number of nitrogens with zero attached hydrogens (tertiary/aromatic N) is 1. The molecule has 0 saturated heterocycles. The SMILES string of the molecule is CC=CC/C(=C\C=C\OC)CNc1ccc(Br)c(F)n1. The molecule has 0 aromatic carbocycles. The van der Waals surface area contributed by atoms with Crippen molar-refractivity contribution in [2.75, 3.05) is 19.0 Å². The molecule has 0 aliphatic rings. The minimum atomic E-state index is -0.520. The van der Waals surface area contributed by atoms with Crippen LogP contribution in [0.4, 0.5) is 10.2 Å². The average Bonchev–Trinajstić information content (AvgIpc) is 2.45. The van der Waals surface area contributed by atoms with E-state index in [4.69, 9.17) is 4.74 Å². The Morgan fingerprint density at radius 2 is 2.30 bits per heavy atom. The second-order valence-corrected chi connectivity index (χ2v) is 4.84. The van der Waals surface area contributed by atoms with E-state index in [0.29, 0.717) is 16.8 Å². The van der Waals surface area contributed by atoms with Crippen LogP contribution in [-0.2, 0) is 4.74 Å². The van der Waals surface area contributed by atoms with Crippen LogP contribution in [0.1, 0.15) is 13.3 Å². The molecule has 20 heavy (non-hydrogen) atoms. The zero-order chi connectivity index (χ0) is 14.8. The Bertz CT molecular complexity index is 513. The molecule has 0 atom stereocenters. The van der Waals surface area contributed by atoms with Gasteiger partial charge in [-0.2, -0.15) is 4.39 Å². The standard InChI is InChI=1S/C15H18BrFN2O/c1-3-4-6-12(7-5-10-20-2)11-18-14-9-8-13(16)15(17)19-14/h3-5,7-10H,6,11H2,1-2H3,(H,18,19)/b4-3?,10-5+,12-7+. The molecule has 1 rings (SSSR count). The molecule has 0 fully saturated rings. The fourth-order valence-corrected chi connectivity index (χ4v) is 1.66. The molecule has 0 saturated carbocycles. The Labute approximate surface area is 127 Å². The van der Waals surface area contributed by atoms with E-state index in [2.05, 4.69) is 32.3 Å². The number of hydrogen-bond donors (Lipinski definition) is 1. The summed E-state index contributed by atoms with van der Waals surface area (Å²) in [5, 5.41) is 3.10. The lowest BCUT2D eigenvalue weighted by Crippen LogP contribution is -2.06. The quantitative estimate of drug-likeness (QED) is 0.344. The third kappa shape index (κ3) is 6.02. The normalized spacial score (nSPS) is 12.3. The number of hydrogen-bond acceptors (Lipinski definition) is 3. The first-order chi connectivity index (χ1) is 9.67. The third-order valence-corrected chi connectivity index (χ3v) is 3.05. The summed E-state index contributed by atoms with van der Waals surface area (Å²) in [6, 6.07) is 3.36. The van der Waals surface area contributed by atoms with Crippen molar-refractivity contribution >= 4 is 21.7 Å². The van der Waals surface area contributed by atoms with Crippen LogP contribution in [0.15, 0.2) is 52.7 Å². The number of pyridine rings is 1. The molecule has 1 N–H and O–H groups in total. The van der Waals surface area contributed by atoms with Crippen LogP contribution in [-0.4, -0.2) is 18.6 Å². The predicted molar refractivity (Wildman–Crippen MR) is 84.0 cm³/mol. The molecule has 0 radical (unpaired) electrons. The molecule has 0 unspecified atom stereocenters. The van der Waals surface area contributed by atoms with E-state index in [0.717, 1.165) is 12.0 Å². The maximum absolute atomic E-state index is 13.3. The lowest BCUT2D eigenvalue weighted by atomic mass is 10.1. The van der Waals surface area contributed by atoms with E-state index in [9.17, 15) is 4.39 Å². The van der Waals surface area contributed by atoms with Gasteiger partial charge < -0.3 is 10.1 Å².